The lowest BCUT2D eigenvalue weighted by molar-refractivity contribution is -0.152. The highest BCUT2D eigenvalue weighted by Crippen LogP contribution is 2.19. The maximum Gasteiger partial charge on any atom is 0.333 e. The van der Waals surface area contributed by atoms with E-state index in [2.05, 4.69) is 10.6 Å². The predicted molar refractivity (Wildman–Crippen MR) is 50.8 cm³/mol. The van der Waals surface area contributed by atoms with E-state index in [1.807, 2.05) is 0 Å². The molecule has 1 amide bonds. The van der Waals surface area contributed by atoms with Gasteiger partial charge in [0.25, 0.3) is 5.91 Å². The fraction of sp³-hybridized carbons (Fsp3) is 0.667. The number of carboxylic acid groups (broad SMARTS) is 1. The molecule has 1 atom stereocenters. The third kappa shape index (κ3) is 2.25. The molecule has 0 radical (unpaired) electrons. The van der Waals surface area contributed by atoms with Gasteiger partial charge < -0.3 is 10.4 Å². The number of carbonyl (C=O) groups is 2. The third-order valence-corrected chi connectivity index (χ3v) is 2.49. The Morgan fingerprint density at radius 1 is 1.53 bits per heavy atom. The summed E-state index contributed by atoms with van der Waals surface area (Å²) in [5, 5.41) is 22.4. The van der Waals surface area contributed by atoms with Crippen LogP contribution in [0.1, 0.15) is 19.3 Å². The first kappa shape index (κ1) is 11.5. The summed E-state index contributed by atoms with van der Waals surface area (Å²) < 4.78 is 0. The van der Waals surface area contributed by atoms with Crippen LogP contribution in [0, 0.1) is 11.3 Å². The molecule has 0 aromatic carbocycles. The van der Waals surface area contributed by atoms with Crippen molar-refractivity contribution in [2.24, 2.45) is 0 Å². The molecule has 0 aliphatic carbocycles. The normalized spacial score (nSPS) is 25.3. The monoisotopic (exact) mass is 211 g/mol. The van der Waals surface area contributed by atoms with Crippen LogP contribution in [0.2, 0.25) is 0 Å². The lowest BCUT2D eigenvalue weighted by Crippen LogP contribution is -2.63. The number of carbonyl (C=O) groups excluding carboxylic acids is 1. The lowest BCUT2D eigenvalue weighted by atomic mass is 9.88. The number of carboxylic acids is 1. The van der Waals surface area contributed by atoms with Crippen molar-refractivity contribution >= 4 is 11.9 Å². The summed E-state index contributed by atoms with van der Waals surface area (Å²) in [7, 11) is 0. The van der Waals surface area contributed by atoms with Crippen molar-refractivity contribution in [3.63, 3.8) is 0 Å². The summed E-state index contributed by atoms with van der Waals surface area (Å²) in [6, 6.07) is 1.74. The Morgan fingerprint density at radius 3 is 2.73 bits per heavy atom. The van der Waals surface area contributed by atoms with E-state index in [9.17, 15) is 9.59 Å². The minimum Gasteiger partial charge on any atom is -0.479 e. The third-order valence-electron chi connectivity index (χ3n) is 2.49. The molecule has 1 unspecified atom stereocenters. The largest absolute Gasteiger partial charge is 0.479 e. The Balaban J connectivity index is 2.76. The number of piperidine rings is 1. The van der Waals surface area contributed by atoms with E-state index in [0.29, 0.717) is 13.0 Å². The number of hydrogen-bond acceptors (Lipinski definition) is 4. The van der Waals surface area contributed by atoms with Crippen molar-refractivity contribution in [1.29, 1.82) is 5.26 Å². The number of amides is 1. The SMILES string of the molecule is N#CCNC(=O)C1(C(=O)O)CCCCN1. The molecular formula is C9H13N3O3. The van der Waals surface area contributed by atoms with Crippen molar-refractivity contribution in [2.75, 3.05) is 13.1 Å². The van der Waals surface area contributed by atoms with Crippen LogP contribution in [-0.2, 0) is 9.59 Å². The zero-order valence-electron chi connectivity index (χ0n) is 8.25. The molecule has 1 aliphatic rings. The molecule has 3 N–H and O–H groups in total. The molecule has 1 rings (SSSR count). The predicted octanol–water partition coefficient (Wildman–Crippen LogP) is -0.777. The molecular weight excluding hydrogens is 198 g/mol. The number of aliphatic carboxylic acids is 1. The quantitative estimate of drug-likeness (QED) is 0.420. The lowest BCUT2D eigenvalue weighted by Gasteiger charge is -2.32. The highest BCUT2D eigenvalue weighted by atomic mass is 16.4. The van der Waals surface area contributed by atoms with Gasteiger partial charge in [-0.15, -0.1) is 0 Å². The van der Waals surface area contributed by atoms with Gasteiger partial charge >= 0.3 is 5.97 Å². The first-order chi connectivity index (χ1) is 7.13. The van der Waals surface area contributed by atoms with Gasteiger partial charge in [-0.25, -0.2) is 4.79 Å². The zero-order valence-corrected chi connectivity index (χ0v) is 8.25. The van der Waals surface area contributed by atoms with E-state index >= 15 is 0 Å². The summed E-state index contributed by atoms with van der Waals surface area (Å²) in [4.78, 5) is 22.7. The van der Waals surface area contributed by atoms with E-state index in [-0.39, 0.29) is 13.0 Å². The molecule has 1 saturated heterocycles. The second kappa shape index (κ2) is 4.75. The second-order valence-corrected chi connectivity index (χ2v) is 3.44. The number of nitriles is 1. The summed E-state index contributed by atoms with van der Waals surface area (Å²) in [5.74, 6) is -1.81. The van der Waals surface area contributed by atoms with Gasteiger partial charge in [0, 0.05) is 0 Å². The number of nitrogens with zero attached hydrogens (tertiary/aromatic N) is 1. The second-order valence-electron chi connectivity index (χ2n) is 3.44. The van der Waals surface area contributed by atoms with Crippen molar-refractivity contribution in [1.82, 2.24) is 10.6 Å². The molecule has 6 heteroatoms. The Labute approximate surface area is 87.3 Å². The van der Waals surface area contributed by atoms with E-state index in [4.69, 9.17) is 10.4 Å². The van der Waals surface area contributed by atoms with Crippen molar-refractivity contribution < 1.29 is 14.7 Å². The summed E-state index contributed by atoms with van der Waals surface area (Å²) in [5.41, 5.74) is -1.55. The van der Waals surface area contributed by atoms with Crippen LogP contribution in [0.4, 0.5) is 0 Å². The Morgan fingerprint density at radius 2 is 2.27 bits per heavy atom. The van der Waals surface area contributed by atoms with Gasteiger partial charge in [-0.05, 0) is 25.8 Å². The molecule has 0 aromatic heterocycles. The standard InChI is InChI=1S/C9H13N3O3/c10-4-6-11-7(13)9(8(14)15)3-1-2-5-12-9/h12H,1-3,5-6H2,(H,11,13)(H,14,15). The summed E-state index contributed by atoms with van der Waals surface area (Å²) >= 11 is 0. The Kier molecular flexibility index (Phi) is 3.63. The summed E-state index contributed by atoms with van der Waals surface area (Å²) in [6.07, 6.45) is 1.82. The van der Waals surface area contributed by atoms with Gasteiger partial charge in [-0.2, -0.15) is 5.26 Å². The molecule has 0 bridgehead atoms. The van der Waals surface area contributed by atoms with Crippen LogP contribution in [-0.4, -0.2) is 35.6 Å². The molecule has 1 heterocycles. The fourth-order valence-electron chi connectivity index (χ4n) is 1.65. The number of rotatable bonds is 3. The highest BCUT2D eigenvalue weighted by Gasteiger charge is 2.46. The Bertz CT molecular complexity index is 302. The van der Waals surface area contributed by atoms with Gasteiger partial charge in [0.1, 0.15) is 6.54 Å². The minimum atomic E-state index is -1.55. The van der Waals surface area contributed by atoms with E-state index < -0.39 is 17.4 Å². The van der Waals surface area contributed by atoms with Crippen LogP contribution in [0.3, 0.4) is 0 Å². The maximum absolute atomic E-state index is 11.6. The summed E-state index contributed by atoms with van der Waals surface area (Å²) in [6.45, 7) is 0.335. The van der Waals surface area contributed by atoms with Gasteiger partial charge in [-0.3, -0.25) is 10.1 Å². The molecule has 0 saturated carbocycles. The van der Waals surface area contributed by atoms with Crippen LogP contribution in [0.5, 0.6) is 0 Å². The van der Waals surface area contributed by atoms with E-state index in [1.54, 1.807) is 6.07 Å². The maximum atomic E-state index is 11.6. The van der Waals surface area contributed by atoms with Crippen LogP contribution in [0.25, 0.3) is 0 Å². The smallest absolute Gasteiger partial charge is 0.333 e. The first-order valence-corrected chi connectivity index (χ1v) is 4.77. The van der Waals surface area contributed by atoms with Crippen molar-refractivity contribution in [2.45, 2.75) is 24.8 Å². The highest BCUT2D eigenvalue weighted by molar-refractivity contribution is 6.06. The molecule has 82 valence electrons. The topological polar surface area (TPSA) is 102 Å². The van der Waals surface area contributed by atoms with Crippen LogP contribution < -0.4 is 10.6 Å². The average Bonchev–Trinajstić information content (AvgIpc) is 2.26. The Hall–Kier alpha value is -1.61. The van der Waals surface area contributed by atoms with Gasteiger partial charge in [0.2, 0.25) is 0 Å². The van der Waals surface area contributed by atoms with E-state index in [0.717, 1.165) is 6.42 Å². The molecule has 1 aliphatic heterocycles. The molecule has 0 aromatic rings. The van der Waals surface area contributed by atoms with Gasteiger partial charge in [0.15, 0.2) is 5.54 Å². The molecule has 6 nitrogen and oxygen atoms in total. The van der Waals surface area contributed by atoms with E-state index in [1.165, 1.54) is 0 Å². The van der Waals surface area contributed by atoms with Gasteiger partial charge in [0.05, 0.1) is 6.07 Å². The molecule has 1 fully saturated rings. The molecule has 15 heavy (non-hydrogen) atoms. The van der Waals surface area contributed by atoms with Crippen molar-refractivity contribution in [3.05, 3.63) is 0 Å². The van der Waals surface area contributed by atoms with Crippen LogP contribution >= 0.6 is 0 Å². The number of hydrogen-bond donors (Lipinski definition) is 3. The number of nitrogens with one attached hydrogen (secondary N) is 2. The minimum absolute atomic E-state index is 0.171. The van der Waals surface area contributed by atoms with Crippen molar-refractivity contribution in [3.8, 4) is 6.07 Å². The average molecular weight is 211 g/mol. The first-order valence-electron chi connectivity index (χ1n) is 4.77. The molecule has 0 spiro atoms. The van der Waals surface area contributed by atoms with Crippen LogP contribution in [0.15, 0.2) is 0 Å². The van der Waals surface area contributed by atoms with Gasteiger partial charge in [-0.1, -0.05) is 0 Å². The fourth-order valence-corrected chi connectivity index (χ4v) is 1.65. The zero-order chi connectivity index (χ0) is 11.3.